The first kappa shape index (κ1) is 15.3. The number of nitro groups is 1. The van der Waals surface area contributed by atoms with E-state index in [-0.39, 0.29) is 21.4 Å². The van der Waals surface area contributed by atoms with Crippen molar-refractivity contribution >= 4 is 27.1 Å². The molecule has 0 amide bonds. The Bertz CT molecular complexity index is 787. The van der Waals surface area contributed by atoms with Gasteiger partial charge in [0.05, 0.1) is 14.8 Å². The van der Waals surface area contributed by atoms with Crippen LogP contribution in [-0.2, 0) is 9.84 Å². The predicted molar refractivity (Wildman–Crippen MR) is 77.7 cm³/mol. The summed E-state index contributed by atoms with van der Waals surface area (Å²) in [4.78, 5) is 10.2. The fraction of sp³-hybridized carbons (Fsp3) is 0.0769. The molecule has 21 heavy (non-hydrogen) atoms. The Hall–Kier alpha value is -2.12. The quantitative estimate of drug-likeness (QED) is 0.634. The van der Waals surface area contributed by atoms with Gasteiger partial charge in [0.2, 0.25) is 0 Å². The summed E-state index contributed by atoms with van der Waals surface area (Å²) in [6.45, 7) is 0. The number of halogens is 1. The molecule has 2 aromatic carbocycles. The fourth-order valence-corrected chi connectivity index (χ4v) is 2.41. The van der Waals surface area contributed by atoms with Crippen LogP contribution >= 0.6 is 11.6 Å². The van der Waals surface area contributed by atoms with Crippen molar-refractivity contribution in [1.29, 1.82) is 0 Å². The number of nitro benzene ring substituents is 1. The lowest BCUT2D eigenvalue weighted by molar-refractivity contribution is -0.384. The summed E-state index contributed by atoms with van der Waals surface area (Å²) in [7, 11) is -3.27. The highest BCUT2D eigenvalue weighted by atomic mass is 35.5. The molecule has 110 valence electrons. The van der Waals surface area contributed by atoms with Gasteiger partial charge in [0.25, 0.3) is 5.69 Å². The predicted octanol–water partition coefficient (Wildman–Crippen LogP) is 3.44. The summed E-state index contributed by atoms with van der Waals surface area (Å²) in [5, 5.41) is 10.7. The van der Waals surface area contributed by atoms with Gasteiger partial charge in [-0.3, -0.25) is 10.1 Å². The molecule has 0 fully saturated rings. The maximum Gasteiger partial charge on any atom is 0.271 e. The summed E-state index contributed by atoms with van der Waals surface area (Å²) in [5.74, 6) is 0.618. The molecule has 0 heterocycles. The Morgan fingerprint density at radius 2 is 1.76 bits per heavy atom. The van der Waals surface area contributed by atoms with Crippen LogP contribution < -0.4 is 4.74 Å². The van der Waals surface area contributed by atoms with Gasteiger partial charge >= 0.3 is 0 Å². The van der Waals surface area contributed by atoms with E-state index >= 15 is 0 Å². The van der Waals surface area contributed by atoms with Gasteiger partial charge in [-0.25, -0.2) is 8.42 Å². The number of nitrogens with zero attached hydrogens (tertiary/aromatic N) is 1. The zero-order chi connectivity index (χ0) is 15.6. The lowest BCUT2D eigenvalue weighted by atomic mass is 10.3. The number of rotatable bonds is 4. The Morgan fingerprint density at radius 3 is 2.24 bits per heavy atom. The molecule has 0 saturated carbocycles. The van der Waals surface area contributed by atoms with E-state index in [0.717, 1.165) is 6.26 Å². The van der Waals surface area contributed by atoms with Crippen LogP contribution in [0.5, 0.6) is 11.5 Å². The van der Waals surface area contributed by atoms with E-state index in [9.17, 15) is 18.5 Å². The van der Waals surface area contributed by atoms with Crippen LogP contribution in [0.2, 0.25) is 5.02 Å². The number of sulfone groups is 1. The largest absolute Gasteiger partial charge is 0.456 e. The summed E-state index contributed by atoms with van der Waals surface area (Å²) in [6.07, 6.45) is 1.11. The second-order valence-electron chi connectivity index (χ2n) is 4.22. The third-order valence-corrected chi connectivity index (χ3v) is 4.03. The van der Waals surface area contributed by atoms with E-state index in [1.807, 2.05) is 0 Å². The van der Waals surface area contributed by atoms with Gasteiger partial charge in [0, 0.05) is 18.4 Å². The zero-order valence-corrected chi connectivity index (χ0v) is 12.4. The first-order valence-electron chi connectivity index (χ1n) is 5.69. The molecule has 0 aliphatic carbocycles. The van der Waals surface area contributed by atoms with Gasteiger partial charge in [-0.15, -0.1) is 0 Å². The summed E-state index contributed by atoms with van der Waals surface area (Å²) < 4.78 is 28.1. The number of hydrogen-bond donors (Lipinski definition) is 0. The minimum atomic E-state index is -3.27. The van der Waals surface area contributed by atoms with Gasteiger partial charge in [-0.05, 0) is 30.3 Å². The molecule has 0 N–H and O–H groups in total. The molecule has 2 rings (SSSR count). The Morgan fingerprint density at radius 1 is 1.14 bits per heavy atom. The van der Waals surface area contributed by atoms with Gasteiger partial charge < -0.3 is 4.74 Å². The minimum absolute atomic E-state index is 0.0939. The van der Waals surface area contributed by atoms with Crippen molar-refractivity contribution in [3.8, 4) is 11.5 Å². The van der Waals surface area contributed by atoms with Crippen molar-refractivity contribution in [3.05, 3.63) is 57.6 Å². The van der Waals surface area contributed by atoms with Crippen molar-refractivity contribution in [2.75, 3.05) is 6.26 Å². The molecule has 0 radical (unpaired) electrons. The van der Waals surface area contributed by atoms with E-state index in [4.69, 9.17) is 16.3 Å². The molecule has 0 spiro atoms. The average molecular weight is 328 g/mol. The lowest BCUT2D eigenvalue weighted by Crippen LogP contribution is -1.96. The number of benzene rings is 2. The fourth-order valence-electron chi connectivity index (χ4n) is 1.57. The monoisotopic (exact) mass is 327 g/mol. The molecule has 0 aliphatic rings. The van der Waals surface area contributed by atoms with Gasteiger partial charge in [-0.1, -0.05) is 11.6 Å². The van der Waals surface area contributed by atoms with Crippen LogP contribution in [0.4, 0.5) is 5.69 Å². The molecule has 0 aliphatic heterocycles. The van der Waals surface area contributed by atoms with E-state index in [0.29, 0.717) is 5.75 Å². The second-order valence-corrected chi connectivity index (χ2v) is 6.64. The first-order valence-corrected chi connectivity index (χ1v) is 7.96. The molecular formula is C13H10ClNO5S. The number of non-ortho nitro benzene ring substituents is 1. The highest BCUT2D eigenvalue weighted by Crippen LogP contribution is 2.32. The van der Waals surface area contributed by atoms with Crippen LogP contribution in [0.25, 0.3) is 0 Å². The molecule has 8 heteroatoms. The Kier molecular flexibility index (Phi) is 4.15. The SMILES string of the molecule is CS(=O)(=O)c1ccc(Oc2ccc([N+](=O)[O-])cc2Cl)cc1. The molecule has 0 aromatic heterocycles. The summed E-state index contributed by atoms with van der Waals surface area (Å²) in [5.41, 5.74) is -0.139. The highest BCUT2D eigenvalue weighted by Gasteiger charge is 2.12. The summed E-state index contributed by atoms with van der Waals surface area (Å²) >= 11 is 5.90. The number of ether oxygens (including phenoxy) is 1. The maximum atomic E-state index is 11.3. The minimum Gasteiger partial charge on any atom is -0.456 e. The van der Waals surface area contributed by atoms with Crippen LogP contribution in [0.3, 0.4) is 0 Å². The van der Waals surface area contributed by atoms with E-state index in [2.05, 4.69) is 0 Å². The van der Waals surface area contributed by atoms with Crippen molar-refractivity contribution < 1.29 is 18.1 Å². The van der Waals surface area contributed by atoms with Crippen molar-refractivity contribution in [2.24, 2.45) is 0 Å². The third-order valence-electron chi connectivity index (χ3n) is 2.61. The Balaban J connectivity index is 2.24. The van der Waals surface area contributed by atoms with Crippen LogP contribution in [0.1, 0.15) is 0 Å². The molecule has 0 unspecified atom stereocenters. The molecule has 0 atom stereocenters. The van der Waals surface area contributed by atoms with Crippen molar-refractivity contribution in [2.45, 2.75) is 4.90 Å². The van der Waals surface area contributed by atoms with Crippen LogP contribution in [0, 0.1) is 10.1 Å². The topological polar surface area (TPSA) is 86.5 Å². The smallest absolute Gasteiger partial charge is 0.271 e. The number of hydrogen-bond acceptors (Lipinski definition) is 5. The lowest BCUT2D eigenvalue weighted by Gasteiger charge is -2.08. The molecule has 0 bridgehead atoms. The summed E-state index contributed by atoms with van der Waals surface area (Å²) in [6, 6.07) is 9.61. The highest BCUT2D eigenvalue weighted by molar-refractivity contribution is 7.90. The van der Waals surface area contributed by atoms with Crippen molar-refractivity contribution in [1.82, 2.24) is 0 Å². The maximum absolute atomic E-state index is 11.3. The van der Waals surface area contributed by atoms with Crippen LogP contribution in [-0.4, -0.2) is 19.6 Å². The average Bonchev–Trinajstić information content (AvgIpc) is 2.40. The molecule has 0 saturated heterocycles. The first-order chi connectivity index (χ1) is 9.77. The van der Waals surface area contributed by atoms with E-state index < -0.39 is 14.8 Å². The second kappa shape index (κ2) is 5.71. The van der Waals surface area contributed by atoms with Crippen molar-refractivity contribution in [3.63, 3.8) is 0 Å². The van der Waals surface area contributed by atoms with Gasteiger partial charge in [0.1, 0.15) is 11.5 Å². The van der Waals surface area contributed by atoms with Crippen LogP contribution in [0.15, 0.2) is 47.4 Å². The standard InChI is InChI=1S/C13H10ClNO5S/c1-21(18,19)11-5-3-10(4-6-11)20-13-7-2-9(15(16)17)8-12(13)14/h2-8H,1H3. The third kappa shape index (κ3) is 3.71. The molecule has 6 nitrogen and oxygen atoms in total. The van der Waals surface area contributed by atoms with E-state index in [1.165, 1.54) is 42.5 Å². The van der Waals surface area contributed by atoms with Gasteiger partial charge in [0.15, 0.2) is 9.84 Å². The normalized spacial score (nSPS) is 11.1. The van der Waals surface area contributed by atoms with Gasteiger partial charge in [-0.2, -0.15) is 0 Å². The molecule has 2 aromatic rings. The molecular weight excluding hydrogens is 318 g/mol. The van der Waals surface area contributed by atoms with E-state index in [1.54, 1.807) is 0 Å². The zero-order valence-electron chi connectivity index (χ0n) is 10.8. The Labute approximate surface area is 126 Å².